The Hall–Kier alpha value is -2.97. The van der Waals surface area contributed by atoms with E-state index in [-0.39, 0.29) is 24.7 Å². The number of piperazine rings is 1. The van der Waals surface area contributed by atoms with Gasteiger partial charge in [-0.1, -0.05) is 13.8 Å². The number of carbonyl (C=O) groups is 4. The largest absolute Gasteiger partial charge is 0.480 e. The van der Waals surface area contributed by atoms with E-state index < -0.39 is 23.7 Å². The van der Waals surface area contributed by atoms with Gasteiger partial charge in [-0.2, -0.15) is 0 Å². The summed E-state index contributed by atoms with van der Waals surface area (Å²) in [6.07, 6.45) is 2.73. The monoisotopic (exact) mass is 334 g/mol. The van der Waals surface area contributed by atoms with E-state index in [4.69, 9.17) is 5.11 Å². The molecule has 0 spiro atoms. The van der Waals surface area contributed by atoms with Crippen molar-refractivity contribution in [1.82, 2.24) is 19.8 Å². The fourth-order valence-corrected chi connectivity index (χ4v) is 2.51. The van der Waals surface area contributed by atoms with E-state index in [9.17, 15) is 19.2 Å². The van der Waals surface area contributed by atoms with Crippen LogP contribution in [0, 0.1) is 0 Å². The lowest BCUT2D eigenvalue weighted by Gasteiger charge is -2.25. The summed E-state index contributed by atoms with van der Waals surface area (Å²) < 4.78 is 1.47. The summed E-state index contributed by atoms with van der Waals surface area (Å²) in [6, 6.07) is 0. The molecule has 0 radical (unpaired) electrons. The van der Waals surface area contributed by atoms with Crippen molar-refractivity contribution in [3.63, 3.8) is 0 Å². The number of carboxylic acids is 1. The predicted molar refractivity (Wildman–Crippen MR) is 82.5 cm³/mol. The molecule has 2 N–H and O–H groups in total. The van der Waals surface area contributed by atoms with Crippen molar-refractivity contribution in [2.24, 2.45) is 0 Å². The molecule has 0 aromatic carbocycles. The van der Waals surface area contributed by atoms with E-state index in [0.717, 1.165) is 4.90 Å². The topological polar surface area (TPSA) is 122 Å². The van der Waals surface area contributed by atoms with Crippen LogP contribution in [0.5, 0.6) is 0 Å². The highest BCUT2D eigenvalue weighted by Crippen LogP contribution is 2.22. The summed E-state index contributed by atoms with van der Waals surface area (Å²) in [5.74, 6) is -2.70. The molecule has 0 bridgehead atoms. The van der Waals surface area contributed by atoms with Gasteiger partial charge in [-0.25, -0.2) is 4.98 Å². The SMILES string of the molecule is CC(=O)N1CC(=O)N/C(=C\c2ncn(CC(=O)O)c2C(C)C)C1=O. The number of aliphatic carboxylic acids is 1. The van der Waals surface area contributed by atoms with Crippen molar-refractivity contribution in [3.8, 4) is 0 Å². The molecule has 0 saturated carbocycles. The second kappa shape index (κ2) is 6.65. The first-order valence-electron chi connectivity index (χ1n) is 7.31. The van der Waals surface area contributed by atoms with Gasteiger partial charge in [0.2, 0.25) is 11.8 Å². The van der Waals surface area contributed by atoms with Gasteiger partial charge < -0.3 is 15.0 Å². The van der Waals surface area contributed by atoms with Gasteiger partial charge >= 0.3 is 5.97 Å². The van der Waals surface area contributed by atoms with Crippen LogP contribution in [-0.4, -0.2) is 49.8 Å². The smallest absolute Gasteiger partial charge is 0.323 e. The summed E-state index contributed by atoms with van der Waals surface area (Å²) in [6.45, 7) is 4.34. The Morgan fingerprint density at radius 1 is 1.42 bits per heavy atom. The number of imidazole rings is 1. The summed E-state index contributed by atoms with van der Waals surface area (Å²) in [4.78, 5) is 51.3. The molecule has 3 amide bonds. The summed E-state index contributed by atoms with van der Waals surface area (Å²) in [5, 5.41) is 11.4. The minimum Gasteiger partial charge on any atom is -0.480 e. The highest BCUT2D eigenvalue weighted by molar-refractivity contribution is 6.12. The minimum absolute atomic E-state index is 0.0583. The standard InChI is InChI=1S/C15H18N4O5/c1-8(2)14-10(16-7-18(14)6-13(22)23)4-11-15(24)19(9(3)20)5-12(21)17-11/h4,7-8H,5-6H2,1-3H3,(H,17,21)(H,22,23)/b11-4-. The number of nitrogens with one attached hydrogen (secondary N) is 1. The molecule has 9 nitrogen and oxygen atoms in total. The van der Waals surface area contributed by atoms with Crippen LogP contribution in [0.4, 0.5) is 0 Å². The number of rotatable bonds is 4. The number of nitrogens with zero attached hydrogens (tertiary/aromatic N) is 3. The first-order valence-corrected chi connectivity index (χ1v) is 7.31. The third-order valence-corrected chi connectivity index (χ3v) is 3.47. The average Bonchev–Trinajstić information content (AvgIpc) is 2.84. The zero-order valence-corrected chi connectivity index (χ0v) is 13.6. The molecule has 24 heavy (non-hydrogen) atoms. The molecular formula is C15H18N4O5. The maximum atomic E-state index is 12.3. The van der Waals surface area contributed by atoms with Crippen molar-refractivity contribution in [1.29, 1.82) is 0 Å². The van der Waals surface area contributed by atoms with E-state index in [1.165, 1.54) is 23.9 Å². The molecule has 1 aromatic rings. The Morgan fingerprint density at radius 3 is 2.62 bits per heavy atom. The molecule has 2 heterocycles. The van der Waals surface area contributed by atoms with E-state index >= 15 is 0 Å². The number of aromatic nitrogens is 2. The lowest BCUT2D eigenvalue weighted by atomic mass is 10.1. The molecule has 1 aliphatic heterocycles. The van der Waals surface area contributed by atoms with Gasteiger partial charge in [0.1, 0.15) is 18.8 Å². The molecule has 128 valence electrons. The molecule has 1 fully saturated rings. The Labute approximate surface area is 138 Å². The van der Waals surface area contributed by atoms with E-state index in [1.807, 2.05) is 13.8 Å². The van der Waals surface area contributed by atoms with Gasteiger partial charge in [0.15, 0.2) is 0 Å². The lowest BCUT2D eigenvalue weighted by Crippen LogP contribution is -2.51. The first-order chi connectivity index (χ1) is 11.2. The van der Waals surface area contributed by atoms with Gasteiger partial charge in [-0.3, -0.25) is 24.1 Å². The second-order valence-corrected chi connectivity index (χ2v) is 5.71. The first kappa shape index (κ1) is 17.4. The highest BCUT2D eigenvalue weighted by Gasteiger charge is 2.31. The zero-order valence-electron chi connectivity index (χ0n) is 13.6. The molecule has 1 saturated heterocycles. The van der Waals surface area contributed by atoms with Crippen molar-refractivity contribution in [2.75, 3.05) is 6.54 Å². The third-order valence-electron chi connectivity index (χ3n) is 3.47. The summed E-state index contributed by atoms with van der Waals surface area (Å²) in [5.41, 5.74) is 0.927. The fourth-order valence-electron chi connectivity index (χ4n) is 2.51. The Kier molecular flexibility index (Phi) is 4.82. The van der Waals surface area contributed by atoms with Crippen LogP contribution < -0.4 is 5.32 Å². The molecule has 1 aromatic heterocycles. The van der Waals surface area contributed by atoms with Gasteiger partial charge in [-0.05, 0) is 12.0 Å². The molecule has 9 heteroatoms. The van der Waals surface area contributed by atoms with Crippen LogP contribution >= 0.6 is 0 Å². The molecule has 1 aliphatic rings. The maximum Gasteiger partial charge on any atom is 0.323 e. The summed E-state index contributed by atoms with van der Waals surface area (Å²) in [7, 11) is 0. The van der Waals surface area contributed by atoms with E-state index in [2.05, 4.69) is 10.3 Å². The van der Waals surface area contributed by atoms with Crippen LogP contribution in [0.25, 0.3) is 6.08 Å². The second-order valence-electron chi connectivity index (χ2n) is 5.71. The molecule has 2 rings (SSSR count). The van der Waals surface area contributed by atoms with Crippen LogP contribution in [0.15, 0.2) is 12.0 Å². The Bertz CT molecular complexity index is 747. The van der Waals surface area contributed by atoms with Gasteiger partial charge in [0, 0.05) is 12.6 Å². The average molecular weight is 334 g/mol. The van der Waals surface area contributed by atoms with Gasteiger partial charge in [0.05, 0.1) is 12.0 Å². The number of carboxylic acid groups (broad SMARTS) is 1. The molecular weight excluding hydrogens is 316 g/mol. The number of hydrogen-bond acceptors (Lipinski definition) is 5. The van der Waals surface area contributed by atoms with Crippen molar-refractivity contribution in [2.45, 2.75) is 33.2 Å². The van der Waals surface area contributed by atoms with Crippen LogP contribution in [0.3, 0.4) is 0 Å². The molecule has 0 atom stereocenters. The Balaban J connectivity index is 2.44. The van der Waals surface area contributed by atoms with Gasteiger partial charge in [-0.15, -0.1) is 0 Å². The summed E-state index contributed by atoms with van der Waals surface area (Å²) >= 11 is 0. The van der Waals surface area contributed by atoms with Crippen molar-refractivity contribution >= 4 is 29.8 Å². The van der Waals surface area contributed by atoms with Gasteiger partial charge in [0.25, 0.3) is 5.91 Å². The molecule has 0 aliphatic carbocycles. The van der Waals surface area contributed by atoms with Crippen molar-refractivity contribution in [3.05, 3.63) is 23.4 Å². The van der Waals surface area contributed by atoms with Crippen LogP contribution in [-0.2, 0) is 25.7 Å². The van der Waals surface area contributed by atoms with Crippen molar-refractivity contribution < 1.29 is 24.3 Å². The normalized spacial score (nSPS) is 16.7. The number of amides is 3. The highest BCUT2D eigenvalue weighted by atomic mass is 16.4. The number of carbonyl (C=O) groups excluding carboxylic acids is 3. The number of imide groups is 1. The van der Waals surface area contributed by atoms with E-state index in [0.29, 0.717) is 11.4 Å². The predicted octanol–water partition coefficient (Wildman–Crippen LogP) is -0.0631. The van der Waals surface area contributed by atoms with Crippen LogP contribution in [0.1, 0.15) is 38.1 Å². The fraction of sp³-hybridized carbons (Fsp3) is 0.400. The number of hydrogen-bond donors (Lipinski definition) is 2. The minimum atomic E-state index is -1.02. The van der Waals surface area contributed by atoms with E-state index in [1.54, 1.807) is 0 Å². The van der Waals surface area contributed by atoms with Crippen LogP contribution in [0.2, 0.25) is 0 Å². The lowest BCUT2D eigenvalue weighted by molar-refractivity contribution is -0.147. The maximum absolute atomic E-state index is 12.3. The zero-order chi connectivity index (χ0) is 18.0. The quantitative estimate of drug-likeness (QED) is 0.744. The Morgan fingerprint density at radius 2 is 2.08 bits per heavy atom. The third kappa shape index (κ3) is 3.50. The molecule has 0 unspecified atom stereocenters.